The van der Waals surface area contributed by atoms with Gasteiger partial charge in [-0.25, -0.2) is 0 Å². The Morgan fingerprint density at radius 3 is 2.28 bits per heavy atom. The van der Waals surface area contributed by atoms with E-state index in [0.717, 1.165) is 11.4 Å². The van der Waals surface area contributed by atoms with Crippen LogP contribution < -0.4 is 9.64 Å². The molecule has 0 amide bonds. The number of carboxylic acids is 1. The van der Waals surface area contributed by atoms with Crippen molar-refractivity contribution >= 4 is 11.7 Å². The van der Waals surface area contributed by atoms with Gasteiger partial charge in [-0.05, 0) is 30.2 Å². The van der Waals surface area contributed by atoms with E-state index in [4.69, 9.17) is 4.74 Å². The predicted molar refractivity (Wildman–Crippen MR) is 72.2 cm³/mol. The summed E-state index contributed by atoms with van der Waals surface area (Å²) in [6, 6.07) is 7.60. The van der Waals surface area contributed by atoms with Crippen LogP contribution in [0.1, 0.15) is 13.8 Å². The van der Waals surface area contributed by atoms with Crippen LogP contribution in [0.5, 0.6) is 5.75 Å². The first kappa shape index (κ1) is 14.4. The van der Waals surface area contributed by atoms with Crippen LogP contribution >= 0.6 is 0 Å². The van der Waals surface area contributed by atoms with Crippen LogP contribution in [0, 0.1) is 11.8 Å². The minimum atomic E-state index is -0.745. The van der Waals surface area contributed by atoms with Crippen LogP contribution in [0.25, 0.3) is 0 Å². The Bertz CT molecular complexity index is 387. The monoisotopic (exact) mass is 251 g/mol. The Morgan fingerprint density at radius 1 is 1.33 bits per heavy atom. The lowest BCUT2D eigenvalue weighted by Gasteiger charge is -2.25. The smallest absolute Gasteiger partial charge is 0.308 e. The molecule has 0 fully saturated rings. The van der Waals surface area contributed by atoms with Gasteiger partial charge < -0.3 is 14.7 Å². The molecule has 100 valence electrons. The van der Waals surface area contributed by atoms with Gasteiger partial charge >= 0.3 is 5.97 Å². The fourth-order valence-corrected chi connectivity index (χ4v) is 1.81. The first-order chi connectivity index (χ1) is 8.45. The van der Waals surface area contributed by atoms with Gasteiger partial charge in [-0.15, -0.1) is 0 Å². The lowest BCUT2D eigenvalue weighted by atomic mass is 9.95. The molecule has 1 atom stereocenters. The second kappa shape index (κ2) is 6.28. The summed E-state index contributed by atoms with van der Waals surface area (Å²) in [5.74, 6) is -0.198. The maximum atomic E-state index is 11.2. The number of carbonyl (C=O) groups is 1. The fraction of sp³-hybridized carbons (Fsp3) is 0.500. The number of hydrogen-bond donors (Lipinski definition) is 1. The summed E-state index contributed by atoms with van der Waals surface area (Å²) in [4.78, 5) is 13.1. The minimum absolute atomic E-state index is 0.114. The summed E-state index contributed by atoms with van der Waals surface area (Å²) in [6.45, 7) is 4.36. The Morgan fingerprint density at radius 2 is 1.89 bits per heavy atom. The number of rotatable bonds is 6. The van der Waals surface area contributed by atoms with Gasteiger partial charge in [-0.2, -0.15) is 0 Å². The van der Waals surface area contributed by atoms with Crippen molar-refractivity contribution in [1.82, 2.24) is 0 Å². The van der Waals surface area contributed by atoms with E-state index in [9.17, 15) is 9.90 Å². The Labute approximate surface area is 108 Å². The third kappa shape index (κ3) is 3.65. The van der Waals surface area contributed by atoms with Crippen molar-refractivity contribution in [2.75, 3.05) is 25.6 Å². The maximum Gasteiger partial charge on any atom is 0.308 e. The van der Waals surface area contributed by atoms with Gasteiger partial charge in [-0.3, -0.25) is 4.79 Å². The molecule has 4 heteroatoms. The van der Waals surface area contributed by atoms with Gasteiger partial charge in [0.05, 0.1) is 13.0 Å². The van der Waals surface area contributed by atoms with Crippen molar-refractivity contribution < 1.29 is 14.6 Å². The van der Waals surface area contributed by atoms with E-state index in [1.54, 1.807) is 7.11 Å². The molecule has 0 saturated carbocycles. The molecule has 0 radical (unpaired) electrons. The van der Waals surface area contributed by atoms with Crippen LogP contribution in [0.3, 0.4) is 0 Å². The highest BCUT2D eigenvalue weighted by Gasteiger charge is 2.23. The van der Waals surface area contributed by atoms with E-state index in [1.165, 1.54) is 0 Å². The molecule has 0 saturated heterocycles. The van der Waals surface area contributed by atoms with Gasteiger partial charge in [-0.1, -0.05) is 13.8 Å². The molecule has 1 aromatic rings. The van der Waals surface area contributed by atoms with Gasteiger partial charge in [0.1, 0.15) is 5.75 Å². The largest absolute Gasteiger partial charge is 0.497 e. The lowest BCUT2D eigenvalue weighted by molar-refractivity contribution is -0.142. The number of methoxy groups -OCH3 is 1. The molecule has 1 N–H and O–H groups in total. The molecule has 0 spiro atoms. The number of carboxylic acid groups (broad SMARTS) is 1. The van der Waals surface area contributed by atoms with E-state index < -0.39 is 5.97 Å². The number of nitrogens with zero attached hydrogens (tertiary/aromatic N) is 1. The minimum Gasteiger partial charge on any atom is -0.497 e. The summed E-state index contributed by atoms with van der Waals surface area (Å²) in [5.41, 5.74) is 0.989. The standard InChI is InChI=1S/C14H21NO3/c1-10(2)13(14(16)17)9-15(3)11-5-7-12(18-4)8-6-11/h5-8,10,13H,9H2,1-4H3,(H,16,17). The van der Waals surface area contributed by atoms with E-state index in [-0.39, 0.29) is 11.8 Å². The third-order valence-corrected chi connectivity index (χ3v) is 3.11. The molecule has 0 aromatic heterocycles. The van der Waals surface area contributed by atoms with Gasteiger partial charge in [0.15, 0.2) is 0 Å². The first-order valence-electron chi connectivity index (χ1n) is 6.03. The Kier molecular flexibility index (Phi) is 5.01. The SMILES string of the molecule is COc1ccc(N(C)CC(C(=O)O)C(C)C)cc1. The molecular formula is C14H21NO3. The molecule has 0 aliphatic carbocycles. The summed E-state index contributed by atoms with van der Waals surface area (Å²) in [6.07, 6.45) is 0. The van der Waals surface area contributed by atoms with Crippen molar-refractivity contribution in [3.63, 3.8) is 0 Å². The number of hydrogen-bond acceptors (Lipinski definition) is 3. The Balaban J connectivity index is 2.73. The van der Waals surface area contributed by atoms with Gasteiger partial charge in [0, 0.05) is 19.3 Å². The van der Waals surface area contributed by atoms with Crippen molar-refractivity contribution in [2.24, 2.45) is 11.8 Å². The molecule has 0 heterocycles. The van der Waals surface area contributed by atoms with Crippen LogP contribution in [0.4, 0.5) is 5.69 Å². The number of aliphatic carboxylic acids is 1. The van der Waals surface area contributed by atoms with Crippen LogP contribution in [-0.4, -0.2) is 31.8 Å². The number of ether oxygens (including phenoxy) is 1. The zero-order valence-electron chi connectivity index (χ0n) is 11.4. The van der Waals surface area contributed by atoms with Crippen LogP contribution in [-0.2, 0) is 4.79 Å². The normalized spacial score (nSPS) is 12.3. The summed E-state index contributed by atoms with van der Waals surface area (Å²) < 4.78 is 5.09. The van der Waals surface area contributed by atoms with E-state index in [1.807, 2.05) is 50.1 Å². The zero-order valence-corrected chi connectivity index (χ0v) is 11.4. The zero-order chi connectivity index (χ0) is 13.7. The van der Waals surface area contributed by atoms with Gasteiger partial charge in [0.2, 0.25) is 0 Å². The fourth-order valence-electron chi connectivity index (χ4n) is 1.81. The molecular weight excluding hydrogens is 230 g/mol. The topological polar surface area (TPSA) is 49.8 Å². The molecule has 4 nitrogen and oxygen atoms in total. The second-order valence-electron chi connectivity index (χ2n) is 4.77. The number of benzene rings is 1. The molecule has 0 bridgehead atoms. The van der Waals surface area contributed by atoms with Crippen LogP contribution in [0.2, 0.25) is 0 Å². The lowest BCUT2D eigenvalue weighted by Crippen LogP contribution is -2.33. The second-order valence-corrected chi connectivity index (χ2v) is 4.77. The molecule has 0 aliphatic rings. The molecule has 18 heavy (non-hydrogen) atoms. The van der Waals surface area contributed by atoms with Crippen molar-refractivity contribution in [2.45, 2.75) is 13.8 Å². The van der Waals surface area contributed by atoms with E-state index >= 15 is 0 Å². The summed E-state index contributed by atoms with van der Waals surface area (Å²) in [5, 5.41) is 9.17. The highest BCUT2D eigenvalue weighted by atomic mass is 16.5. The Hall–Kier alpha value is -1.71. The summed E-state index contributed by atoms with van der Waals surface area (Å²) >= 11 is 0. The summed E-state index contributed by atoms with van der Waals surface area (Å²) in [7, 11) is 3.53. The number of anilines is 1. The molecule has 1 rings (SSSR count). The van der Waals surface area contributed by atoms with E-state index in [2.05, 4.69) is 0 Å². The van der Waals surface area contributed by atoms with Gasteiger partial charge in [0.25, 0.3) is 0 Å². The molecule has 0 aliphatic heterocycles. The molecule has 1 unspecified atom stereocenters. The van der Waals surface area contributed by atoms with Crippen molar-refractivity contribution in [1.29, 1.82) is 0 Å². The highest BCUT2D eigenvalue weighted by molar-refractivity contribution is 5.71. The maximum absolute atomic E-state index is 11.2. The highest BCUT2D eigenvalue weighted by Crippen LogP contribution is 2.21. The quantitative estimate of drug-likeness (QED) is 0.844. The first-order valence-corrected chi connectivity index (χ1v) is 6.03. The predicted octanol–water partition coefficient (Wildman–Crippen LogP) is 2.49. The third-order valence-electron chi connectivity index (χ3n) is 3.11. The van der Waals surface area contributed by atoms with Crippen LogP contribution in [0.15, 0.2) is 24.3 Å². The average molecular weight is 251 g/mol. The van der Waals surface area contributed by atoms with Crippen molar-refractivity contribution in [3.8, 4) is 5.75 Å². The molecule has 1 aromatic carbocycles. The van der Waals surface area contributed by atoms with E-state index in [0.29, 0.717) is 6.54 Å². The average Bonchev–Trinajstić information content (AvgIpc) is 2.35. The van der Waals surface area contributed by atoms with Crippen molar-refractivity contribution in [3.05, 3.63) is 24.3 Å².